The second-order valence-corrected chi connectivity index (χ2v) is 5.31. The van der Waals surface area contributed by atoms with Crippen molar-refractivity contribution in [1.29, 1.82) is 0 Å². The Morgan fingerprint density at radius 2 is 1.93 bits per heavy atom. The van der Waals surface area contributed by atoms with E-state index in [1.807, 2.05) is 18.2 Å². The Balaban J connectivity index is 2.51. The van der Waals surface area contributed by atoms with Crippen molar-refractivity contribution in [1.82, 2.24) is 0 Å². The summed E-state index contributed by atoms with van der Waals surface area (Å²) in [6.45, 7) is 9.85. The Hall–Kier alpha value is -1.18. The van der Waals surface area contributed by atoms with Crippen LogP contribution in [0.5, 0.6) is 0 Å². The van der Waals surface area contributed by atoms with Gasteiger partial charge in [0.1, 0.15) is 0 Å². The summed E-state index contributed by atoms with van der Waals surface area (Å²) in [5.74, 6) is 0. The van der Waals surface area contributed by atoms with E-state index < -0.39 is 0 Å². The SMILES string of the molecule is Cc1cc(N)ccc1NCCC(C)(C)C. The van der Waals surface area contributed by atoms with Gasteiger partial charge in [0.15, 0.2) is 0 Å². The molecule has 3 N–H and O–H groups in total. The van der Waals surface area contributed by atoms with Crippen LogP contribution in [-0.4, -0.2) is 6.54 Å². The molecule has 15 heavy (non-hydrogen) atoms. The van der Waals surface area contributed by atoms with E-state index in [0.717, 1.165) is 18.7 Å². The van der Waals surface area contributed by atoms with Crippen LogP contribution in [0.4, 0.5) is 11.4 Å². The molecule has 0 fully saturated rings. The van der Waals surface area contributed by atoms with Gasteiger partial charge in [0.25, 0.3) is 0 Å². The van der Waals surface area contributed by atoms with Gasteiger partial charge in [0, 0.05) is 17.9 Å². The lowest BCUT2D eigenvalue weighted by Gasteiger charge is -2.19. The van der Waals surface area contributed by atoms with E-state index in [1.54, 1.807) is 0 Å². The van der Waals surface area contributed by atoms with Crippen LogP contribution in [0.25, 0.3) is 0 Å². The molecule has 2 nitrogen and oxygen atoms in total. The molecule has 0 radical (unpaired) electrons. The highest BCUT2D eigenvalue weighted by molar-refractivity contribution is 5.57. The van der Waals surface area contributed by atoms with Crippen molar-refractivity contribution in [3.63, 3.8) is 0 Å². The molecule has 2 heteroatoms. The fourth-order valence-corrected chi connectivity index (χ4v) is 1.46. The first-order chi connectivity index (χ1) is 6.88. The van der Waals surface area contributed by atoms with Crippen molar-refractivity contribution in [2.45, 2.75) is 34.1 Å². The Morgan fingerprint density at radius 3 is 2.47 bits per heavy atom. The summed E-state index contributed by atoms with van der Waals surface area (Å²) in [7, 11) is 0. The summed E-state index contributed by atoms with van der Waals surface area (Å²) in [6, 6.07) is 5.99. The van der Waals surface area contributed by atoms with Gasteiger partial charge >= 0.3 is 0 Å². The van der Waals surface area contributed by atoms with E-state index >= 15 is 0 Å². The molecule has 1 aromatic carbocycles. The highest BCUT2D eigenvalue weighted by Crippen LogP contribution is 2.21. The summed E-state index contributed by atoms with van der Waals surface area (Å²) in [5, 5.41) is 3.44. The molecule has 0 bridgehead atoms. The molecule has 0 unspecified atom stereocenters. The van der Waals surface area contributed by atoms with Gasteiger partial charge in [-0.25, -0.2) is 0 Å². The molecule has 0 heterocycles. The van der Waals surface area contributed by atoms with Gasteiger partial charge in [-0.3, -0.25) is 0 Å². The maximum atomic E-state index is 5.70. The van der Waals surface area contributed by atoms with Crippen LogP contribution in [-0.2, 0) is 0 Å². The zero-order valence-corrected chi connectivity index (χ0v) is 10.2. The first-order valence-corrected chi connectivity index (χ1v) is 5.48. The number of benzene rings is 1. The lowest BCUT2D eigenvalue weighted by molar-refractivity contribution is 0.390. The maximum absolute atomic E-state index is 5.70. The van der Waals surface area contributed by atoms with Crippen molar-refractivity contribution >= 4 is 11.4 Å². The fourth-order valence-electron chi connectivity index (χ4n) is 1.46. The number of hydrogen-bond donors (Lipinski definition) is 2. The van der Waals surface area contributed by atoms with Gasteiger partial charge in [-0.2, -0.15) is 0 Å². The molecule has 0 aliphatic carbocycles. The number of hydrogen-bond acceptors (Lipinski definition) is 2. The molecule has 1 aromatic rings. The molecule has 0 spiro atoms. The zero-order valence-electron chi connectivity index (χ0n) is 10.2. The minimum absolute atomic E-state index is 0.384. The summed E-state index contributed by atoms with van der Waals surface area (Å²) in [4.78, 5) is 0. The maximum Gasteiger partial charge on any atom is 0.0371 e. The van der Waals surface area contributed by atoms with Gasteiger partial charge in [-0.05, 0) is 42.5 Å². The summed E-state index contributed by atoms with van der Waals surface area (Å²) in [5.41, 5.74) is 9.31. The molecular formula is C13H22N2. The monoisotopic (exact) mass is 206 g/mol. The van der Waals surface area contributed by atoms with Crippen molar-refractivity contribution in [2.75, 3.05) is 17.6 Å². The van der Waals surface area contributed by atoms with Crippen LogP contribution in [0.3, 0.4) is 0 Å². The Morgan fingerprint density at radius 1 is 1.27 bits per heavy atom. The molecule has 0 aromatic heterocycles. The van der Waals surface area contributed by atoms with Gasteiger partial charge in [0.2, 0.25) is 0 Å². The molecule has 0 saturated carbocycles. The molecule has 0 atom stereocenters. The predicted octanol–water partition coefficient (Wildman–Crippen LogP) is 3.43. The number of nitrogens with one attached hydrogen (secondary N) is 1. The number of nitrogens with two attached hydrogens (primary N) is 1. The Bertz CT molecular complexity index is 324. The topological polar surface area (TPSA) is 38.0 Å². The number of rotatable bonds is 3. The average Bonchev–Trinajstić information content (AvgIpc) is 2.07. The Labute approximate surface area is 92.9 Å². The standard InChI is InChI=1S/C13H22N2/c1-10-9-11(14)5-6-12(10)15-8-7-13(2,3)4/h5-6,9,15H,7-8,14H2,1-4H3. The smallest absolute Gasteiger partial charge is 0.0371 e. The third kappa shape index (κ3) is 4.24. The second-order valence-electron chi connectivity index (χ2n) is 5.31. The largest absolute Gasteiger partial charge is 0.399 e. The zero-order chi connectivity index (χ0) is 11.5. The van der Waals surface area contributed by atoms with E-state index in [0.29, 0.717) is 5.41 Å². The highest BCUT2D eigenvalue weighted by atomic mass is 14.9. The normalized spacial score (nSPS) is 11.5. The Kier molecular flexibility index (Phi) is 3.61. The molecule has 84 valence electrons. The van der Waals surface area contributed by atoms with Gasteiger partial charge in [-0.1, -0.05) is 20.8 Å². The van der Waals surface area contributed by atoms with E-state index in [4.69, 9.17) is 5.73 Å². The number of anilines is 2. The van der Waals surface area contributed by atoms with Crippen molar-refractivity contribution in [2.24, 2.45) is 5.41 Å². The second kappa shape index (κ2) is 4.56. The van der Waals surface area contributed by atoms with E-state index in [1.165, 1.54) is 11.3 Å². The third-order valence-electron chi connectivity index (χ3n) is 2.44. The fraction of sp³-hybridized carbons (Fsp3) is 0.538. The van der Waals surface area contributed by atoms with E-state index in [9.17, 15) is 0 Å². The first-order valence-electron chi connectivity index (χ1n) is 5.48. The summed E-state index contributed by atoms with van der Waals surface area (Å²) < 4.78 is 0. The minimum Gasteiger partial charge on any atom is -0.399 e. The molecule has 0 aliphatic heterocycles. The van der Waals surface area contributed by atoms with Crippen molar-refractivity contribution in [3.05, 3.63) is 23.8 Å². The van der Waals surface area contributed by atoms with Crippen LogP contribution in [0.2, 0.25) is 0 Å². The van der Waals surface area contributed by atoms with Gasteiger partial charge < -0.3 is 11.1 Å². The van der Waals surface area contributed by atoms with Crippen molar-refractivity contribution in [3.8, 4) is 0 Å². The first kappa shape index (κ1) is 11.9. The van der Waals surface area contributed by atoms with Crippen LogP contribution in [0.15, 0.2) is 18.2 Å². The number of aryl methyl sites for hydroxylation is 1. The highest BCUT2D eigenvalue weighted by Gasteiger charge is 2.09. The minimum atomic E-state index is 0.384. The van der Waals surface area contributed by atoms with Crippen LogP contribution in [0, 0.1) is 12.3 Å². The molecular weight excluding hydrogens is 184 g/mol. The summed E-state index contributed by atoms with van der Waals surface area (Å²) in [6.07, 6.45) is 1.16. The van der Waals surface area contributed by atoms with Crippen LogP contribution < -0.4 is 11.1 Å². The van der Waals surface area contributed by atoms with Gasteiger partial charge in [-0.15, -0.1) is 0 Å². The number of nitrogen functional groups attached to an aromatic ring is 1. The van der Waals surface area contributed by atoms with E-state index in [2.05, 4.69) is 33.0 Å². The van der Waals surface area contributed by atoms with Gasteiger partial charge in [0.05, 0.1) is 0 Å². The molecule has 0 saturated heterocycles. The molecule has 0 aliphatic rings. The lowest BCUT2D eigenvalue weighted by atomic mass is 9.92. The van der Waals surface area contributed by atoms with Crippen molar-refractivity contribution < 1.29 is 0 Å². The van der Waals surface area contributed by atoms with E-state index in [-0.39, 0.29) is 0 Å². The molecule has 0 amide bonds. The quantitative estimate of drug-likeness (QED) is 0.744. The van der Waals surface area contributed by atoms with Crippen LogP contribution >= 0.6 is 0 Å². The lowest BCUT2D eigenvalue weighted by Crippen LogP contribution is -2.13. The van der Waals surface area contributed by atoms with Crippen LogP contribution in [0.1, 0.15) is 32.8 Å². The summed E-state index contributed by atoms with van der Waals surface area (Å²) >= 11 is 0. The third-order valence-corrected chi connectivity index (χ3v) is 2.44. The average molecular weight is 206 g/mol. The molecule has 1 rings (SSSR count). The predicted molar refractivity (Wildman–Crippen MR) is 68.2 cm³/mol.